The van der Waals surface area contributed by atoms with E-state index in [1.54, 1.807) is 24.1 Å². The van der Waals surface area contributed by atoms with Crippen LogP contribution in [0.15, 0.2) is 30.6 Å². The molecule has 2 rings (SSSR count). The molecule has 0 spiro atoms. The molecule has 1 aromatic carbocycles. The second kappa shape index (κ2) is 4.79. The molecule has 94 valence electrons. The molecule has 0 saturated carbocycles. The van der Waals surface area contributed by atoms with Crippen molar-refractivity contribution in [2.45, 2.75) is 6.54 Å². The highest BCUT2D eigenvalue weighted by Gasteiger charge is 2.08. The number of nitrogens with one attached hydrogen (secondary N) is 1. The molecule has 0 aliphatic carbocycles. The smallest absolute Gasteiger partial charge is 0.251 e. The van der Waals surface area contributed by atoms with Gasteiger partial charge in [-0.3, -0.25) is 9.48 Å². The third kappa shape index (κ3) is 2.60. The lowest BCUT2D eigenvalue weighted by Gasteiger charge is -2.04. The van der Waals surface area contributed by atoms with Crippen molar-refractivity contribution >= 4 is 5.91 Å². The van der Waals surface area contributed by atoms with Gasteiger partial charge >= 0.3 is 0 Å². The Labute approximate surface area is 103 Å². The van der Waals surface area contributed by atoms with Crippen molar-refractivity contribution in [1.29, 1.82) is 0 Å². The minimum Gasteiger partial charge on any atom is -0.504 e. The van der Waals surface area contributed by atoms with Gasteiger partial charge in [0, 0.05) is 30.9 Å². The second-order valence-electron chi connectivity index (χ2n) is 3.91. The summed E-state index contributed by atoms with van der Waals surface area (Å²) in [6, 6.07) is 3.93. The molecular formula is C12H13N3O3. The Bertz CT molecular complexity index is 578. The van der Waals surface area contributed by atoms with Gasteiger partial charge in [0.2, 0.25) is 0 Å². The third-order valence-corrected chi connectivity index (χ3v) is 2.45. The Morgan fingerprint density at radius 2 is 2.17 bits per heavy atom. The number of hydrogen-bond acceptors (Lipinski definition) is 4. The van der Waals surface area contributed by atoms with Gasteiger partial charge in [-0.2, -0.15) is 5.10 Å². The summed E-state index contributed by atoms with van der Waals surface area (Å²) in [6.45, 7) is 0.355. The largest absolute Gasteiger partial charge is 0.504 e. The van der Waals surface area contributed by atoms with Crippen LogP contribution in [0, 0.1) is 0 Å². The molecule has 1 amide bonds. The molecule has 1 aromatic heterocycles. The molecular weight excluding hydrogens is 234 g/mol. The average molecular weight is 247 g/mol. The maximum Gasteiger partial charge on any atom is 0.251 e. The fraction of sp³-hybridized carbons (Fsp3) is 0.167. The quantitative estimate of drug-likeness (QED) is 0.699. The Kier molecular flexibility index (Phi) is 3.18. The van der Waals surface area contributed by atoms with E-state index in [1.807, 2.05) is 0 Å². The zero-order chi connectivity index (χ0) is 13.1. The number of hydrogen-bond donors (Lipinski definition) is 3. The van der Waals surface area contributed by atoms with Gasteiger partial charge in [-0.15, -0.1) is 0 Å². The Morgan fingerprint density at radius 1 is 1.39 bits per heavy atom. The van der Waals surface area contributed by atoms with E-state index in [0.29, 0.717) is 6.54 Å². The lowest BCUT2D eigenvalue weighted by molar-refractivity contribution is 0.0950. The molecule has 0 fully saturated rings. The van der Waals surface area contributed by atoms with Crippen LogP contribution in [0.4, 0.5) is 0 Å². The van der Waals surface area contributed by atoms with Gasteiger partial charge in [-0.05, 0) is 18.2 Å². The van der Waals surface area contributed by atoms with Gasteiger partial charge in [-0.1, -0.05) is 0 Å². The maximum atomic E-state index is 11.8. The minimum atomic E-state index is -0.325. The Hall–Kier alpha value is -2.50. The topological polar surface area (TPSA) is 87.4 Å². The van der Waals surface area contributed by atoms with Gasteiger partial charge in [0.15, 0.2) is 11.5 Å². The molecule has 6 nitrogen and oxygen atoms in total. The van der Waals surface area contributed by atoms with E-state index in [0.717, 1.165) is 5.56 Å². The van der Waals surface area contributed by atoms with Crippen LogP contribution < -0.4 is 5.32 Å². The molecule has 18 heavy (non-hydrogen) atoms. The van der Waals surface area contributed by atoms with Crippen LogP contribution in [0.25, 0.3) is 0 Å². The molecule has 0 atom stereocenters. The first-order valence-electron chi connectivity index (χ1n) is 5.34. The van der Waals surface area contributed by atoms with Crippen molar-refractivity contribution < 1.29 is 15.0 Å². The molecule has 0 unspecified atom stereocenters. The van der Waals surface area contributed by atoms with Crippen LogP contribution in [0.1, 0.15) is 15.9 Å². The van der Waals surface area contributed by atoms with Gasteiger partial charge < -0.3 is 15.5 Å². The number of amides is 1. The SMILES string of the molecule is Cn1cc(CNC(=O)c2ccc(O)c(O)c2)cn1. The molecule has 6 heteroatoms. The molecule has 3 N–H and O–H groups in total. The minimum absolute atomic E-state index is 0.251. The van der Waals surface area contributed by atoms with Crippen molar-refractivity contribution in [1.82, 2.24) is 15.1 Å². The number of phenols is 2. The Morgan fingerprint density at radius 3 is 2.78 bits per heavy atom. The summed E-state index contributed by atoms with van der Waals surface area (Å²) in [5, 5.41) is 25.1. The number of carbonyl (C=O) groups is 1. The number of aromatic nitrogens is 2. The lowest BCUT2D eigenvalue weighted by atomic mass is 10.2. The summed E-state index contributed by atoms with van der Waals surface area (Å²) >= 11 is 0. The maximum absolute atomic E-state index is 11.8. The predicted molar refractivity (Wildman–Crippen MR) is 64.1 cm³/mol. The van der Waals surface area contributed by atoms with Gasteiger partial charge in [0.25, 0.3) is 5.91 Å². The average Bonchev–Trinajstić information content (AvgIpc) is 2.75. The van der Waals surface area contributed by atoms with Crippen LogP contribution in [-0.2, 0) is 13.6 Å². The van der Waals surface area contributed by atoms with Crippen LogP contribution >= 0.6 is 0 Å². The number of carbonyl (C=O) groups excluding carboxylic acids is 1. The first kappa shape index (κ1) is 12.0. The van der Waals surface area contributed by atoms with Crippen LogP contribution in [0.5, 0.6) is 11.5 Å². The number of rotatable bonds is 3. The summed E-state index contributed by atoms with van der Waals surface area (Å²) in [5.41, 5.74) is 1.17. The molecule has 1 heterocycles. The summed E-state index contributed by atoms with van der Waals surface area (Å²) in [7, 11) is 1.79. The van der Waals surface area contributed by atoms with E-state index in [4.69, 9.17) is 5.11 Å². The van der Waals surface area contributed by atoms with E-state index >= 15 is 0 Å². The number of aromatic hydroxyl groups is 2. The molecule has 0 bridgehead atoms. The highest BCUT2D eigenvalue weighted by Crippen LogP contribution is 2.24. The van der Waals surface area contributed by atoms with Crippen molar-refractivity contribution in [3.63, 3.8) is 0 Å². The molecule has 0 saturated heterocycles. The van der Waals surface area contributed by atoms with E-state index in [-0.39, 0.29) is 23.0 Å². The summed E-state index contributed by atoms with van der Waals surface area (Å²) in [6.07, 6.45) is 3.46. The van der Waals surface area contributed by atoms with Crippen LogP contribution in [0.3, 0.4) is 0 Å². The van der Waals surface area contributed by atoms with E-state index in [2.05, 4.69) is 10.4 Å². The molecule has 0 aliphatic heterocycles. The first-order valence-corrected chi connectivity index (χ1v) is 5.34. The highest BCUT2D eigenvalue weighted by atomic mass is 16.3. The number of benzene rings is 1. The Balaban J connectivity index is 2.01. The van der Waals surface area contributed by atoms with Crippen molar-refractivity contribution in [2.75, 3.05) is 0 Å². The van der Waals surface area contributed by atoms with E-state index in [1.165, 1.54) is 18.2 Å². The zero-order valence-corrected chi connectivity index (χ0v) is 9.79. The fourth-order valence-electron chi connectivity index (χ4n) is 1.51. The standard InChI is InChI=1S/C12H13N3O3/c1-15-7-8(6-14-15)5-13-12(18)9-2-3-10(16)11(17)4-9/h2-4,6-7,16-17H,5H2,1H3,(H,13,18). The summed E-state index contributed by atoms with van der Waals surface area (Å²) < 4.78 is 1.65. The normalized spacial score (nSPS) is 10.3. The van der Waals surface area contributed by atoms with Crippen LogP contribution in [-0.4, -0.2) is 25.9 Å². The van der Waals surface area contributed by atoms with E-state index in [9.17, 15) is 9.90 Å². The monoisotopic (exact) mass is 247 g/mol. The van der Waals surface area contributed by atoms with Gasteiger partial charge in [0.05, 0.1) is 6.20 Å². The highest BCUT2D eigenvalue weighted by molar-refractivity contribution is 5.94. The molecule has 0 radical (unpaired) electrons. The lowest BCUT2D eigenvalue weighted by Crippen LogP contribution is -2.22. The zero-order valence-electron chi connectivity index (χ0n) is 9.79. The van der Waals surface area contributed by atoms with Crippen LogP contribution in [0.2, 0.25) is 0 Å². The van der Waals surface area contributed by atoms with E-state index < -0.39 is 0 Å². The van der Waals surface area contributed by atoms with Crippen molar-refractivity contribution in [3.05, 3.63) is 41.7 Å². The van der Waals surface area contributed by atoms with Gasteiger partial charge in [0.1, 0.15) is 0 Å². The van der Waals surface area contributed by atoms with Crippen molar-refractivity contribution in [3.8, 4) is 11.5 Å². The van der Waals surface area contributed by atoms with Crippen molar-refractivity contribution in [2.24, 2.45) is 7.05 Å². The first-order chi connectivity index (χ1) is 8.56. The second-order valence-corrected chi connectivity index (χ2v) is 3.91. The summed E-state index contributed by atoms with van der Waals surface area (Å²) in [5.74, 6) is -0.892. The molecule has 0 aliphatic rings. The predicted octanol–water partition coefficient (Wildman–Crippen LogP) is 0.761. The molecule has 2 aromatic rings. The fourth-order valence-corrected chi connectivity index (χ4v) is 1.51. The summed E-state index contributed by atoms with van der Waals surface area (Å²) in [4.78, 5) is 11.8. The number of nitrogens with zero attached hydrogens (tertiary/aromatic N) is 2. The number of phenolic OH excluding ortho intramolecular Hbond substituents is 2. The number of aryl methyl sites for hydroxylation is 1. The third-order valence-electron chi connectivity index (χ3n) is 2.45. The van der Waals surface area contributed by atoms with Gasteiger partial charge in [-0.25, -0.2) is 0 Å².